The summed E-state index contributed by atoms with van der Waals surface area (Å²) in [7, 11) is 0. The predicted molar refractivity (Wildman–Crippen MR) is 71.2 cm³/mol. The molecule has 0 atom stereocenters. The predicted octanol–water partition coefficient (Wildman–Crippen LogP) is 0.740. The van der Waals surface area contributed by atoms with Gasteiger partial charge in [-0.25, -0.2) is 4.98 Å². The van der Waals surface area contributed by atoms with Crippen LogP contribution in [0.2, 0.25) is 0 Å². The Morgan fingerprint density at radius 2 is 1.95 bits per heavy atom. The van der Waals surface area contributed by atoms with Gasteiger partial charge in [-0.3, -0.25) is 24.9 Å². The number of anilines is 1. The Bertz CT molecular complexity index is 769. The SMILES string of the molecule is O=C(Nc1ccc(-c2cc(=O)[nH][nH]2)cc1)c1ncn[nH]1. The summed E-state index contributed by atoms with van der Waals surface area (Å²) >= 11 is 0. The van der Waals surface area contributed by atoms with Gasteiger partial charge in [0.25, 0.3) is 11.5 Å². The standard InChI is InChI=1S/C12H10N6O2/c19-10-5-9(16-17-10)7-1-3-8(4-2-7)15-12(20)11-13-6-14-18-11/h1-6H,(H,15,20)(H,13,14,18)(H2,16,17,19). The smallest absolute Gasteiger partial charge is 0.292 e. The Morgan fingerprint density at radius 1 is 1.15 bits per heavy atom. The maximum Gasteiger partial charge on any atom is 0.292 e. The normalized spacial score (nSPS) is 10.4. The van der Waals surface area contributed by atoms with E-state index in [1.54, 1.807) is 24.3 Å². The zero-order chi connectivity index (χ0) is 13.9. The number of hydrogen-bond acceptors (Lipinski definition) is 4. The zero-order valence-electron chi connectivity index (χ0n) is 10.2. The van der Waals surface area contributed by atoms with E-state index in [-0.39, 0.29) is 17.3 Å². The van der Waals surface area contributed by atoms with Crippen LogP contribution in [0, 0.1) is 0 Å². The first-order chi connectivity index (χ1) is 9.72. The van der Waals surface area contributed by atoms with Gasteiger partial charge in [0.1, 0.15) is 6.33 Å². The third-order valence-electron chi connectivity index (χ3n) is 2.68. The topological polar surface area (TPSA) is 119 Å². The second-order valence-electron chi connectivity index (χ2n) is 4.04. The average Bonchev–Trinajstić information content (AvgIpc) is 3.10. The molecule has 0 aliphatic heterocycles. The van der Waals surface area contributed by atoms with E-state index in [0.717, 1.165) is 5.56 Å². The highest BCUT2D eigenvalue weighted by atomic mass is 16.2. The molecule has 0 radical (unpaired) electrons. The van der Waals surface area contributed by atoms with E-state index < -0.39 is 0 Å². The van der Waals surface area contributed by atoms with Crippen molar-refractivity contribution in [1.82, 2.24) is 25.4 Å². The van der Waals surface area contributed by atoms with Gasteiger partial charge >= 0.3 is 0 Å². The second kappa shape index (κ2) is 4.84. The molecule has 0 saturated carbocycles. The first-order valence-electron chi connectivity index (χ1n) is 5.77. The lowest BCUT2D eigenvalue weighted by molar-refractivity contribution is 0.101. The third-order valence-corrected chi connectivity index (χ3v) is 2.68. The molecule has 1 aromatic carbocycles. The van der Waals surface area contributed by atoms with Gasteiger partial charge in [-0.1, -0.05) is 12.1 Å². The molecule has 2 aromatic heterocycles. The lowest BCUT2D eigenvalue weighted by atomic mass is 10.1. The monoisotopic (exact) mass is 270 g/mol. The molecule has 0 fully saturated rings. The van der Waals surface area contributed by atoms with Gasteiger partial charge in [-0.05, 0) is 17.7 Å². The van der Waals surface area contributed by atoms with Crippen LogP contribution in [0.25, 0.3) is 11.3 Å². The molecule has 0 unspecified atom stereocenters. The largest absolute Gasteiger partial charge is 0.319 e. The molecule has 8 heteroatoms. The molecule has 1 amide bonds. The van der Waals surface area contributed by atoms with Crippen molar-refractivity contribution < 1.29 is 4.79 Å². The minimum Gasteiger partial charge on any atom is -0.319 e. The van der Waals surface area contributed by atoms with Crippen molar-refractivity contribution >= 4 is 11.6 Å². The minimum atomic E-state index is -0.370. The van der Waals surface area contributed by atoms with Crippen molar-refractivity contribution in [1.29, 1.82) is 0 Å². The summed E-state index contributed by atoms with van der Waals surface area (Å²) in [6, 6.07) is 8.50. The van der Waals surface area contributed by atoms with Crippen LogP contribution in [0.1, 0.15) is 10.6 Å². The quantitative estimate of drug-likeness (QED) is 0.561. The molecule has 0 bridgehead atoms. The fourth-order valence-corrected chi connectivity index (χ4v) is 1.73. The molecule has 3 aromatic rings. The molecule has 0 saturated heterocycles. The number of carbonyl (C=O) groups is 1. The van der Waals surface area contributed by atoms with Crippen LogP contribution in [0.3, 0.4) is 0 Å². The first kappa shape index (κ1) is 11.9. The summed E-state index contributed by atoms with van der Waals surface area (Å²) in [6.45, 7) is 0. The summed E-state index contributed by atoms with van der Waals surface area (Å²) in [6.07, 6.45) is 1.26. The van der Waals surface area contributed by atoms with Gasteiger partial charge in [0.15, 0.2) is 0 Å². The molecule has 0 aliphatic carbocycles. The number of carbonyl (C=O) groups excluding carboxylic acids is 1. The van der Waals surface area contributed by atoms with Crippen LogP contribution < -0.4 is 10.9 Å². The number of amides is 1. The second-order valence-corrected chi connectivity index (χ2v) is 4.04. The molecule has 2 heterocycles. The first-order valence-corrected chi connectivity index (χ1v) is 5.77. The highest BCUT2D eigenvalue weighted by molar-refractivity contribution is 6.01. The van der Waals surface area contributed by atoms with Crippen LogP contribution in [-0.4, -0.2) is 31.3 Å². The van der Waals surface area contributed by atoms with E-state index in [2.05, 4.69) is 30.7 Å². The molecule has 8 nitrogen and oxygen atoms in total. The maximum absolute atomic E-state index is 11.7. The van der Waals surface area contributed by atoms with E-state index >= 15 is 0 Å². The van der Waals surface area contributed by atoms with Crippen LogP contribution in [0.4, 0.5) is 5.69 Å². The van der Waals surface area contributed by atoms with Crippen molar-refractivity contribution in [2.75, 3.05) is 5.32 Å². The van der Waals surface area contributed by atoms with Gasteiger partial charge in [0.05, 0.1) is 5.69 Å². The van der Waals surface area contributed by atoms with Gasteiger partial charge in [-0.2, -0.15) is 5.10 Å². The van der Waals surface area contributed by atoms with Crippen molar-refractivity contribution in [3.8, 4) is 11.3 Å². The number of hydrogen-bond donors (Lipinski definition) is 4. The summed E-state index contributed by atoms with van der Waals surface area (Å²) in [5.41, 5.74) is 1.94. The summed E-state index contributed by atoms with van der Waals surface area (Å²) < 4.78 is 0. The Morgan fingerprint density at radius 3 is 2.55 bits per heavy atom. The van der Waals surface area contributed by atoms with E-state index in [9.17, 15) is 9.59 Å². The fraction of sp³-hybridized carbons (Fsp3) is 0. The highest BCUT2D eigenvalue weighted by Crippen LogP contribution is 2.18. The van der Waals surface area contributed by atoms with Gasteiger partial charge in [0, 0.05) is 11.8 Å². The number of aromatic amines is 3. The summed E-state index contributed by atoms with van der Waals surface area (Å²) in [5.74, 6) is -0.227. The fourth-order valence-electron chi connectivity index (χ4n) is 1.73. The number of nitrogens with zero attached hydrogens (tertiary/aromatic N) is 2. The average molecular weight is 270 g/mol. The molecular weight excluding hydrogens is 260 g/mol. The van der Waals surface area contributed by atoms with Crippen molar-refractivity contribution in [3.63, 3.8) is 0 Å². The Labute approximate surface area is 112 Å². The summed E-state index contributed by atoms with van der Waals surface area (Å²) in [5, 5.41) is 14.0. The maximum atomic E-state index is 11.7. The number of H-pyrrole nitrogens is 3. The number of benzene rings is 1. The lowest BCUT2D eigenvalue weighted by Crippen LogP contribution is -2.13. The molecule has 4 N–H and O–H groups in total. The number of rotatable bonds is 3. The third kappa shape index (κ3) is 2.34. The van der Waals surface area contributed by atoms with Crippen LogP contribution in [-0.2, 0) is 0 Å². The van der Waals surface area contributed by atoms with E-state index in [4.69, 9.17) is 0 Å². The summed E-state index contributed by atoms with van der Waals surface area (Å²) in [4.78, 5) is 26.5. The van der Waals surface area contributed by atoms with Crippen LogP contribution >= 0.6 is 0 Å². The van der Waals surface area contributed by atoms with Crippen LogP contribution in [0.15, 0.2) is 41.5 Å². The molecule has 0 aliphatic rings. The molecule has 20 heavy (non-hydrogen) atoms. The van der Waals surface area contributed by atoms with Gasteiger partial charge < -0.3 is 5.32 Å². The highest BCUT2D eigenvalue weighted by Gasteiger charge is 2.08. The minimum absolute atomic E-state index is 0.143. The van der Waals surface area contributed by atoms with Crippen molar-refractivity contribution in [3.05, 3.63) is 52.8 Å². The molecule has 100 valence electrons. The van der Waals surface area contributed by atoms with Gasteiger partial charge in [0.2, 0.25) is 5.82 Å². The Kier molecular flexibility index (Phi) is 2.88. The van der Waals surface area contributed by atoms with Gasteiger partial charge in [-0.15, -0.1) is 0 Å². The number of aromatic nitrogens is 5. The van der Waals surface area contributed by atoms with Crippen molar-refractivity contribution in [2.24, 2.45) is 0 Å². The molecule has 0 spiro atoms. The number of nitrogens with one attached hydrogen (secondary N) is 4. The van der Waals surface area contributed by atoms with Crippen LogP contribution in [0.5, 0.6) is 0 Å². The van der Waals surface area contributed by atoms with Crippen molar-refractivity contribution in [2.45, 2.75) is 0 Å². The van der Waals surface area contributed by atoms with E-state index in [0.29, 0.717) is 11.4 Å². The zero-order valence-corrected chi connectivity index (χ0v) is 10.2. The molecular formula is C12H10N6O2. The molecule has 3 rings (SSSR count). The Hall–Kier alpha value is -3.16. The Balaban J connectivity index is 1.76. The van der Waals surface area contributed by atoms with E-state index in [1.165, 1.54) is 12.4 Å². The van der Waals surface area contributed by atoms with E-state index in [1.807, 2.05) is 0 Å². The lowest BCUT2D eigenvalue weighted by Gasteiger charge is -2.04.